The minimum atomic E-state index is -4.27. The van der Waals surface area contributed by atoms with Crippen molar-refractivity contribution in [2.24, 2.45) is 0 Å². The number of sulfonamides is 1. The zero-order valence-corrected chi connectivity index (χ0v) is 15.6. The van der Waals surface area contributed by atoms with Gasteiger partial charge in [-0.25, -0.2) is 21.7 Å². The lowest BCUT2D eigenvalue weighted by molar-refractivity contribution is 0.0775. The molecule has 0 aliphatic carbocycles. The third-order valence-electron chi connectivity index (χ3n) is 3.45. The second-order valence-electron chi connectivity index (χ2n) is 5.33. The van der Waals surface area contributed by atoms with Crippen LogP contribution in [0.25, 0.3) is 5.52 Å². The first-order valence-electron chi connectivity index (χ1n) is 7.52. The molecule has 0 radical (unpaired) electrons. The predicted octanol–water partition coefficient (Wildman–Crippen LogP) is 2.98. The average Bonchev–Trinajstić information content (AvgIpc) is 3.05. The third-order valence-corrected chi connectivity index (χ3v) is 5.06. The second-order valence-corrected chi connectivity index (χ2v) is 7.41. The molecule has 0 atom stereocenters. The van der Waals surface area contributed by atoms with Crippen LogP contribution in [0.2, 0.25) is 5.02 Å². The monoisotopic (exact) mass is 436 g/mol. The highest BCUT2D eigenvalue weighted by Crippen LogP contribution is 2.31. The highest BCUT2D eigenvalue weighted by Gasteiger charge is 2.24. The number of hydrogen-bond donors (Lipinski definition) is 1. The van der Waals surface area contributed by atoms with Crippen LogP contribution in [0, 0.1) is 5.95 Å². The number of halogens is 4. The molecule has 8 nitrogen and oxygen atoms in total. The Balaban J connectivity index is 1.95. The van der Waals surface area contributed by atoms with E-state index in [4.69, 9.17) is 16.3 Å². The van der Waals surface area contributed by atoms with E-state index in [2.05, 4.69) is 14.8 Å². The van der Waals surface area contributed by atoms with Crippen molar-refractivity contribution < 1.29 is 31.1 Å². The van der Waals surface area contributed by atoms with Crippen molar-refractivity contribution in [2.45, 2.75) is 11.3 Å². The fourth-order valence-electron chi connectivity index (χ4n) is 2.26. The van der Waals surface area contributed by atoms with Crippen LogP contribution in [0.4, 0.5) is 18.9 Å². The first-order valence-corrected chi connectivity index (χ1v) is 9.38. The number of ether oxygens (including phenoxy) is 2. The van der Waals surface area contributed by atoms with E-state index in [1.54, 1.807) is 0 Å². The lowest BCUT2D eigenvalue weighted by Gasteiger charge is -2.13. The summed E-state index contributed by atoms with van der Waals surface area (Å²) >= 11 is 5.83. The zero-order valence-electron chi connectivity index (χ0n) is 14.1. The summed E-state index contributed by atoms with van der Waals surface area (Å²) in [7, 11) is -3.10. The summed E-state index contributed by atoms with van der Waals surface area (Å²) in [5.41, 5.74) is -0.358. The molecule has 0 amide bonds. The molecule has 0 bridgehead atoms. The van der Waals surface area contributed by atoms with Crippen LogP contribution in [0.5, 0.6) is 11.6 Å². The molecule has 13 heteroatoms. The van der Waals surface area contributed by atoms with Gasteiger partial charge in [-0.3, -0.25) is 4.72 Å². The first kappa shape index (κ1) is 20.0. The summed E-state index contributed by atoms with van der Waals surface area (Å²) in [6.07, 6.45) is -0.343. The molecule has 0 aliphatic heterocycles. The van der Waals surface area contributed by atoms with E-state index in [1.807, 2.05) is 4.72 Å². The number of nitrogens with zero attached hydrogens (tertiary/aromatic N) is 3. The fraction of sp³-hybridized carbons (Fsp3) is 0.200. The van der Waals surface area contributed by atoms with Gasteiger partial charge in [0.2, 0.25) is 5.95 Å². The summed E-state index contributed by atoms with van der Waals surface area (Å²) < 4.78 is 76.9. The van der Waals surface area contributed by atoms with Crippen LogP contribution in [0.15, 0.2) is 35.5 Å². The Kier molecular flexibility index (Phi) is 5.52. The Bertz CT molecular complexity index is 1120. The van der Waals surface area contributed by atoms with Crippen LogP contribution in [-0.4, -0.2) is 43.2 Å². The van der Waals surface area contributed by atoms with Gasteiger partial charge in [0.1, 0.15) is 10.6 Å². The van der Waals surface area contributed by atoms with Gasteiger partial charge < -0.3 is 9.47 Å². The summed E-state index contributed by atoms with van der Waals surface area (Å²) in [6.45, 7) is -1.03. The quantitative estimate of drug-likeness (QED) is 0.572. The second kappa shape index (κ2) is 7.72. The molecule has 0 aromatic carbocycles. The van der Waals surface area contributed by atoms with Crippen LogP contribution < -0.4 is 14.2 Å². The number of rotatable bonds is 7. The van der Waals surface area contributed by atoms with Gasteiger partial charge in [-0.15, -0.1) is 0 Å². The molecule has 0 saturated carbocycles. The maximum atomic E-state index is 14.2. The normalized spacial score (nSPS) is 11.8. The zero-order chi connectivity index (χ0) is 20.5. The Morgan fingerprint density at radius 2 is 2.11 bits per heavy atom. The van der Waals surface area contributed by atoms with E-state index in [-0.39, 0.29) is 16.2 Å². The molecule has 1 N–H and O–H groups in total. The molecule has 0 spiro atoms. The van der Waals surface area contributed by atoms with Crippen LogP contribution >= 0.6 is 11.6 Å². The Morgan fingerprint density at radius 3 is 2.79 bits per heavy atom. The number of hydrogen-bond acceptors (Lipinski definition) is 6. The van der Waals surface area contributed by atoms with Gasteiger partial charge in [-0.05, 0) is 12.1 Å². The van der Waals surface area contributed by atoms with Gasteiger partial charge in [0.05, 0.1) is 23.8 Å². The molecule has 3 aromatic rings. The molecule has 150 valence electrons. The van der Waals surface area contributed by atoms with Crippen molar-refractivity contribution in [3.8, 4) is 11.6 Å². The number of alkyl halides is 2. The van der Waals surface area contributed by atoms with Crippen molar-refractivity contribution in [1.29, 1.82) is 0 Å². The lowest BCUT2D eigenvalue weighted by atomic mass is 10.4. The molecular formula is C15H12ClF3N4O4S. The standard InChI is InChI=1S/C15H12ClF3N4O4S/c1-26-11-4-9(14(19)21-15(11)27-7-13(17)18)22-28(24,25)12-5-20-23-6-8(16)2-3-10(12)23/h2-6,13,22H,7H2,1H3. The van der Waals surface area contributed by atoms with Crippen LogP contribution in [0.3, 0.4) is 0 Å². The highest BCUT2D eigenvalue weighted by molar-refractivity contribution is 7.93. The van der Waals surface area contributed by atoms with Gasteiger partial charge in [0.15, 0.2) is 12.4 Å². The largest absolute Gasteiger partial charge is 0.491 e. The predicted molar refractivity (Wildman–Crippen MR) is 93.3 cm³/mol. The number of methoxy groups -OCH3 is 1. The van der Waals surface area contributed by atoms with Gasteiger partial charge in [0, 0.05) is 12.3 Å². The number of anilines is 1. The topological polar surface area (TPSA) is 94.8 Å². The summed E-state index contributed by atoms with van der Waals surface area (Å²) in [5, 5.41) is 4.23. The van der Waals surface area contributed by atoms with Crippen LogP contribution in [0.1, 0.15) is 0 Å². The number of aromatic nitrogens is 3. The van der Waals surface area contributed by atoms with E-state index in [0.29, 0.717) is 5.02 Å². The van der Waals surface area contributed by atoms with Crippen molar-refractivity contribution in [3.63, 3.8) is 0 Å². The average molecular weight is 437 g/mol. The van der Waals surface area contributed by atoms with E-state index < -0.39 is 40.6 Å². The SMILES string of the molecule is COc1cc(NS(=O)(=O)c2cnn3cc(Cl)ccc23)c(F)nc1OCC(F)F. The fourth-order valence-corrected chi connectivity index (χ4v) is 3.58. The number of fused-ring (bicyclic) bond motifs is 1. The van der Waals surface area contributed by atoms with Crippen molar-refractivity contribution >= 4 is 32.8 Å². The first-order chi connectivity index (χ1) is 13.2. The molecule has 0 unspecified atom stereocenters. The molecule has 0 saturated heterocycles. The summed E-state index contributed by atoms with van der Waals surface area (Å²) in [6, 6.07) is 3.83. The molecule has 3 heterocycles. The third kappa shape index (κ3) is 4.07. The minimum absolute atomic E-state index is 0.203. The minimum Gasteiger partial charge on any atom is -0.491 e. The van der Waals surface area contributed by atoms with Gasteiger partial charge >= 0.3 is 0 Å². The Hall–Kier alpha value is -2.73. The van der Waals surface area contributed by atoms with E-state index in [0.717, 1.165) is 19.4 Å². The molecular weight excluding hydrogens is 425 g/mol. The maximum Gasteiger partial charge on any atom is 0.272 e. The number of nitrogens with one attached hydrogen (secondary N) is 1. The molecule has 3 aromatic heterocycles. The van der Waals surface area contributed by atoms with Gasteiger partial charge in [0.25, 0.3) is 22.3 Å². The molecule has 3 rings (SSSR count). The van der Waals surface area contributed by atoms with E-state index in [9.17, 15) is 21.6 Å². The number of pyridine rings is 2. The highest BCUT2D eigenvalue weighted by atomic mass is 35.5. The molecule has 0 fully saturated rings. The molecule has 0 aliphatic rings. The van der Waals surface area contributed by atoms with Gasteiger partial charge in [-0.1, -0.05) is 11.6 Å². The smallest absolute Gasteiger partial charge is 0.272 e. The summed E-state index contributed by atoms with van der Waals surface area (Å²) in [5.74, 6) is -2.05. The van der Waals surface area contributed by atoms with E-state index >= 15 is 0 Å². The van der Waals surface area contributed by atoms with Crippen LogP contribution in [-0.2, 0) is 10.0 Å². The Morgan fingerprint density at radius 1 is 1.36 bits per heavy atom. The van der Waals surface area contributed by atoms with Crippen molar-refractivity contribution in [2.75, 3.05) is 18.4 Å². The Labute approximate surface area is 161 Å². The lowest BCUT2D eigenvalue weighted by Crippen LogP contribution is -2.15. The van der Waals surface area contributed by atoms with Crippen molar-refractivity contribution in [1.82, 2.24) is 14.6 Å². The van der Waals surface area contributed by atoms with Gasteiger partial charge in [-0.2, -0.15) is 14.5 Å². The van der Waals surface area contributed by atoms with Crippen molar-refractivity contribution in [3.05, 3.63) is 41.6 Å². The molecule has 28 heavy (non-hydrogen) atoms. The summed E-state index contributed by atoms with van der Waals surface area (Å²) in [4.78, 5) is 3.11. The maximum absolute atomic E-state index is 14.2. The van der Waals surface area contributed by atoms with E-state index in [1.165, 1.54) is 22.8 Å².